The zero-order valence-electron chi connectivity index (χ0n) is 10.4. The van der Waals surface area contributed by atoms with Gasteiger partial charge in [-0.15, -0.1) is 0 Å². The number of nitrogens with one attached hydrogen (secondary N) is 1. The van der Waals surface area contributed by atoms with Gasteiger partial charge in [-0.05, 0) is 20.3 Å². The maximum absolute atomic E-state index is 11.6. The van der Waals surface area contributed by atoms with Crippen molar-refractivity contribution in [2.75, 3.05) is 25.2 Å². The number of anilines is 1. The van der Waals surface area contributed by atoms with Gasteiger partial charge in [0, 0.05) is 19.2 Å². The quantitative estimate of drug-likeness (QED) is 0.752. The first-order valence-electron chi connectivity index (χ1n) is 5.61. The Morgan fingerprint density at radius 3 is 2.82 bits per heavy atom. The molecule has 0 saturated carbocycles. The van der Waals surface area contributed by atoms with E-state index in [1.807, 2.05) is 18.7 Å². The Bertz CT molecular complexity index is 403. The molecule has 0 radical (unpaired) electrons. The van der Waals surface area contributed by atoms with Crippen LogP contribution in [0.1, 0.15) is 20.3 Å². The fourth-order valence-corrected chi connectivity index (χ4v) is 1.62. The van der Waals surface area contributed by atoms with Gasteiger partial charge in [0.25, 0.3) is 5.56 Å². The second-order valence-electron chi connectivity index (χ2n) is 3.95. The van der Waals surface area contributed by atoms with E-state index in [0.29, 0.717) is 18.8 Å². The van der Waals surface area contributed by atoms with E-state index in [-0.39, 0.29) is 24.0 Å². The highest BCUT2D eigenvalue weighted by molar-refractivity contribution is 5.51. The lowest BCUT2D eigenvalue weighted by Gasteiger charge is -2.28. The van der Waals surface area contributed by atoms with Gasteiger partial charge in [0.1, 0.15) is 0 Å². The molecule has 1 aromatic rings. The summed E-state index contributed by atoms with van der Waals surface area (Å²) in [6, 6.07) is 0.171. The summed E-state index contributed by atoms with van der Waals surface area (Å²) in [6.07, 6.45) is 1.98. The van der Waals surface area contributed by atoms with E-state index in [1.54, 1.807) is 0 Å². The van der Waals surface area contributed by atoms with Gasteiger partial charge in [-0.2, -0.15) is 0 Å². The Labute approximate surface area is 100 Å². The van der Waals surface area contributed by atoms with Crippen LogP contribution in [-0.4, -0.2) is 41.4 Å². The minimum absolute atomic E-state index is 0.106. The van der Waals surface area contributed by atoms with Crippen molar-refractivity contribution in [2.24, 2.45) is 0 Å². The summed E-state index contributed by atoms with van der Waals surface area (Å²) in [5.41, 5.74) is -0.299. The Balaban J connectivity index is 3.09. The van der Waals surface area contributed by atoms with Crippen LogP contribution in [0.3, 0.4) is 0 Å². The number of aliphatic hydroxyl groups excluding tert-OH is 1. The highest BCUT2D eigenvalue weighted by Crippen LogP contribution is 2.22. The zero-order chi connectivity index (χ0) is 12.8. The largest absolute Gasteiger partial charge is 0.489 e. The molecule has 0 amide bonds. The van der Waals surface area contributed by atoms with Gasteiger partial charge in [0.05, 0.1) is 13.4 Å². The van der Waals surface area contributed by atoms with Crippen LogP contribution in [0.4, 0.5) is 5.82 Å². The highest BCUT2D eigenvalue weighted by atomic mass is 16.5. The number of nitrogens with zero attached hydrogens (tertiary/aromatic N) is 2. The van der Waals surface area contributed by atoms with Crippen LogP contribution < -0.4 is 15.2 Å². The van der Waals surface area contributed by atoms with Crippen molar-refractivity contribution in [3.8, 4) is 5.75 Å². The Morgan fingerprint density at radius 1 is 1.59 bits per heavy atom. The van der Waals surface area contributed by atoms with Crippen molar-refractivity contribution in [1.29, 1.82) is 0 Å². The fraction of sp³-hybridized carbons (Fsp3) is 0.636. The van der Waals surface area contributed by atoms with Gasteiger partial charge >= 0.3 is 0 Å². The zero-order valence-corrected chi connectivity index (χ0v) is 10.4. The predicted octanol–water partition coefficient (Wildman–Crippen LogP) is 0.376. The van der Waals surface area contributed by atoms with Gasteiger partial charge in [0.15, 0.2) is 5.82 Å². The maximum atomic E-state index is 11.6. The number of rotatable bonds is 6. The monoisotopic (exact) mass is 241 g/mol. The first kappa shape index (κ1) is 13.5. The van der Waals surface area contributed by atoms with Gasteiger partial charge in [-0.1, -0.05) is 0 Å². The van der Waals surface area contributed by atoms with Crippen LogP contribution in [-0.2, 0) is 0 Å². The van der Waals surface area contributed by atoms with Gasteiger partial charge in [-0.3, -0.25) is 4.79 Å². The molecule has 0 aliphatic rings. The van der Waals surface area contributed by atoms with Crippen molar-refractivity contribution in [3.63, 3.8) is 0 Å². The number of methoxy groups -OCH3 is 1. The SMILES string of the molecule is COc1c(N(CCCO)C(C)C)nc[nH]c1=O. The highest BCUT2D eigenvalue weighted by Gasteiger charge is 2.18. The van der Waals surface area contributed by atoms with Crippen molar-refractivity contribution in [1.82, 2.24) is 9.97 Å². The molecule has 96 valence electrons. The molecule has 0 saturated heterocycles. The lowest BCUT2D eigenvalue weighted by molar-refractivity contribution is 0.288. The lowest BCUT2D eigenvalue weighted by Crippen LogP contribution is -2.34. The molecule has 0 fully saturated rings. The molecule has 1 heterocycles. The van der Waals surface area contributed by atoms with Gasteiger partial charge < -0.3 is 19.7 Å². The molecule has 1 rings (SSSR count). The van der Waals surface area contributed by atoms with Gasteiger partial charge in [-0.25, -0.2) is 4.98 Å². The van der Waals surface area contributed by atoms with E-state index >= 15 is 0 Å². The number of aromatic nitrogens is 2. The van der Waals surface area contributed by atoms with E-state index in [2.05, 4.69) is 9.97 Å². The number of aliphatic hydroxyl groups is 1. The molecular weight excluding hydrogens is 222 g/mol. The van der Waals surface area contributed by atoms with Crippen LogP contribution in [0.15, 0.2) is 11.1 Å². The van der Waals surface area contributed by atoms with E-state index < -0.39 is 0 Å². The normalized spacial score (nSPS) is 10.6. The minimum atomic E-state index is -0.299. The van der Waals surface area contributed by atoms with Crippen molar-refractivity contribution >= 4 is 5.82 Å². The van der Waals surface area contributed by atoms with Crippen molar-refractivity contribution in [2.45, 2.75) is 26.3 Å². The molecule has 6 heteroatoms. The van der Waals surface area contributed by atoms with Crippen molar-refractivity contribution < 1.29 is 9.84 Å². The molecule has 0 spiro atoms. The summed E-state index contributed by atoms with van der Waals surface area (Å²) in [6.45, 7) is 4.73. The average Bonchev–Trinajstić information content (AvgIpc) is 2.29. The summed E-state index contributed by atoms with van der Waals surface area (Å²) in [5.74, 6) is 0.721. The molecule has 6 nitrogen and oxygen atoms in total. The molecule has 17 heavy (non-hydrogen) atoms. The smallest absolute Gasteiger partial charge is 0.295 e. The van der Waals surface area contributed by atoms with Crippen molar-refractivity contribution in [3.05, 3.63) is 16.7 Å². The van der Waals surface area contributed by atoms with Crippen LogP contribution in [0, 0.1) is 0 Å². The summed E-state index contributed by atoms with van der Waals surface area (Å²) < 4.78 is 5.08. The number of aromatic amines is 1. The molecular formula is C11H19N3O3. The first-order chi connectivity index (χ1) is 8.11. The van der Waals surface area contributed by atoms with Crippen LogP contribution in [0.25, 0.3) is 0 Å². The molecule has 0 bridgehead atoms. The minimum Gasteiger partial charge on any atom is -0.489 e. The molecule has 0 aromatic carbocycles. The third-order valence-electron chi connectivity index (χ3n) is 2.45. The second-order valence-corrected chi connectivity index (χ2v) is 3.95. The fourth-order valence-electron chi connectivity index (χ4n) is 1.62. The van der Waals surface area contributed by atoms with E-state index in [0.717, 1.165) is 0 Å². The Morgan fingerprint density at radius 2 is 2.29 bits per heavy atom. The third kappa shape index (κ3) is 3.20. The Hall–Kier alpha value is -1.56. The molecule has 1 aromatic heterocycles. The number of ether oxygens (including phenoxy) is 1. The first-order valence-corrected chi connectivity index (χ1v) is 5.61. The van der Waals surface area contributed by atoms with E-state index in [9.17, 15) is 4.79 Å². The summed E-state index contributed by atoms with van der Waals surface area (Å²) >= 11 is 0. The number of hydrogen-bond acceptors (Lipinski definition) is 5. The van der Waals surface area contributed by atoms with Crippen LogP contribution in [0.2, 0.25) is 0 Å². The Kier molecular flexibility index (Phi) is 4.96. The lowest BCUT2D eigenvalue weighted by atomic mass is 10.2. The number of H-pyrrole nitrogens is 1. The summed E-state index contributed by atoms with van der Waals surface area (Å²) in [4.78, 5) is 20.1. The van der Waals surface area contributed by atoms with Crippen LogP contribution in [0.5, 0.6) is 5.75 Å². The third-order valence-corrected chi connectivity index (χ3v) is 2.45. The summed E-state index contributed by atoms with van der Waals surface area (Å²) in [7, 11) is 1.44. The van der Waals surface area contributed by atoms with E-state index in [1.165, 1.54) is 13.4 Å². The molecule has 0 aliphatic carbocycles. The second kappa shape index (κ2) is 6.24. The van der Waals surface area contributed by atoms with Gasteiger partial charge in [0.2, 0.25) is 5.75 Å². The molecule has 2 N–H and O–H groups in total. The average molecular weight is 241 g/mol. The van der Waals surface area contributed by atoms with Crippen LogP contribution >= 0.6 is 0 Å². The topological polar surface area (TPSA) is 78.5 Å². The molecule has 0 unspecified atom stereocenters. The number of hydrogen-bond donors (Lipinski definition) is 2. The standard InChI is InChI=1S/C11H19N3O3/c1-8(2)14(5-4-6-15)10-9(17-3)11(16)13-7-12-10/h7-8,15H,4-6H2,1-3H3,(H,12,13,16). The molecule has 0 atom stereocenters. The summed E-state index contributed by atoms with van der Waals surface area (Å²) in [5, 5.41) is 8.88. The maximum Gasteiger partial charge on any atom is 0.295 e. The predicted molar refractivity (Wildman–Crippen MR) is 65.6 cm³/mol. The van der Waals surface area contributed by atoms with E-state index in [4.69, 9.17) is 9.84 Å². The molecule has 0 aliphatic heterocycles.